The summed E-state index contributed by atoms with van der Waals surface area (Å²) in [5.74, 6) is 0.679. The number of nitrogens with zero attached hydrogens (tertiary/aromatic N) is 6. The molecule has 3 rings (SSSR count). The van der Waals surface area contributed by atoms with E-state index in [1.807, 2.05) is 26.2 Å². The fourth-order valence-corrected chi connectivity index (χ4v) is 3.18. The summed E-state index contributed by atoms with van der Waals surface area (Å²) in [6, 6.07) is 0. The van der Waals surface area contributed by atoms with Crippen LogP contribution in [0.2, 0.25) is 0 Å². The first-order chi connectivity index (χ1) is 11.4. The molecular formula is C14H18N8OS. The summed E-state index contributed by atoms with van der Waals surface area (Å²) in [5.41, 5.74) is 0.370. The van der Waals surface area contributed by atoms with Gasteiger partial charge in [0, 0.05) is 11.1 Å². The van der Waals surface area contributed by atoms with Crippen LogP contribution in [-0.2, 0) is 5.54 Å². The van der Waals surface area contributed by atoms with Gasteiger partial charge >= 0.3 is 0 Å². The highest BCUT2D eigenvalue weighted by atomic mass is 32.1. The van der Waals surface area contributed by atoms with Crippen molar-refractivity contribution in [2.24, 2.45) is 0 Å². The lowest BCUT2D eigenvalue weighted by Gasteiger charge is -2.26. The fourth-order valence-electron chi connectivity index (χ4n) is 2.19. The van der Waals surface area contributed by atoms with E-state index in [2.05, 4.69) is 35.6 Å². The summed E-state index contributed by atoms with van der Waals surface area (Å²) in [6.07, 6.45) is 2.07. The molecule has 3 aromatic rings. The van der Waals surface area contributed by atoms with Gasteiger partial charge in [0.05, 0.1) is 5.54 Å². The highest BCUT2D eigenvalue weighted by Crippen LogP contribution is 2.27. The van der Waals surface area contributed by atoms with E-state index in [-0.39, 0.29) is 11.7 Å². The molecule has 2 N–H and O–H groups in total. The molecule has 0 unspecified atom stereocenters. The average molecular weight is 346 g/mol. The molecule has 10 heteroatoms. The zero-order chi connectivity index (χ0) is 17.3. The highest BCUT2D eigenvalue weighted by molar-refractivity contribution is 7.09. The molecule has 0 aliphatic carbocycles. The largest absolute Gasteiger partial charge is 0.338 e. The average Bonchev–Trinajstić information content (AvgIpc) is 3.27. The third-order valence-electron chi connectivity index (χ3n) is 3.76. The second-order valence-corrected chi connectivity index (χ2v) is 6.50. The van der Waals surface area contributed by atoms with Gasteiger partial charge in [-0.1, -0.05) is 6.92 Å². The van der Waals surface area contributed by atoms with Crippen LogP contribution in [0.3, 0.4) is 0 Å². The number of carbonyl (C=O) groups is 1. The number of carbonyl (C=O) groups excluding carboxylic acids is 1. The maximum Gasteiger partial charge on any atom is 0.291 e. The first kappa shape index (κ1) is 16.2. The molecule has 126 valence electrons. The lowest BCUT2D eigenvalue weighted by Crippen LogP contribution is -2.43. The Kier molecular flexibility index (Phi) is 4.14. The van der Waals surface area contributed by atoms with Crippen molar-refractivity contribution in [3.63, 3.8) is 0 Å². The van der Waals surface area contributed by atoms with Crippen LogP contribution in [0.5, 0.6) is 0 Å². The molecule has 0 spiro atoms. The van der Waals surface area contributed by atoms with Gasteiger partial charge in [0.15, 0.2) is 0 Å². The molecule has 0 bridgehead atoms. The van der Waals surface area contributed by atoms with Crippen LogP contribution in [0.1, 0.15) is 47.4 Å². The maximum absolute atomic E-state index is 12.6. The van der Waals surface area contributed by atoms with Crippen molar-refractivity contribution in [3.8, 4) is 5.95 Å². The van der Waals surface area contributed by atoms with Crippen molar-refractivity contribution in [1.82, 2.24) is 40.2 Å². The van der Waals surface area contributed by atoms with Crippen molar-refractivity contribution < 1.29 is 4.79 Å². The van der Waals surface area contributed by atoms with Crippen molar-refractivity contribution >= 4 is 17.2 Å². The standard InChI is InChI=1S/C14H18N8OS/c1-5-14(4,12-17-8(2)6-24-12)19-11(23)10-18-9(3)22(21-10)13-15-7-16-20-13/h6-7H,5H2,1-4H3,(H,19,23)(H,15,16,20)/t14-/m1/s1. The predicted molar refractivity (Wildman–Crippen MR) is 88.0 cm³/mol. The van der Waals surface area contributed by atoms with E-state index in [9.17, 15) is 4.79 Å². The van der Waals surface area contributed by atoms with E-state index in [1.54, 1.807) is 6.92 Å². The van der Waals surface area contributed by atoms with Gasteiger partial charge in [-0.3, -0.25) is 4.79 Å². The molecule has 1 amide bonds. The van der Waals surface area contributed by atoms with Gasteiger partial charge in [-0.2, -0.15) is 14.8 Å². The summed E-state index contributed by atoms with van der Waals surface area (Å²) in [7, 11) is 0. The molecule has 0 fully saturated rings. The summed E-state index contributed by atoms with van der Waals surface area (Å²) >= 11 is 1.53. The number of rotatable bonds is 5. The number of H-pyrrole nitrogens is 1. The SMILES string of the molecule is CC[C@@](C)(NC(=O)c1nc(C)n(-c2ncn[nH]2)n1)c1nc(C)cs1. The van der Waals surface area contributed by atoms with Crippen LogP contribution in [0, 0.1) is 13.8 Å². The second-order valence-electron chi connectivity index (χ2n) is 5.64. The number of hydrogen-bond donors (Lipinski definition) is 2. The van der Waals surface area contributed by atoms with Crippen LogP contribution in [0.25, 0.3) is 5.95 Å². The minimum Gasteiger partial charge on any atom is -0.338 e. The zero-order valence-corrected chi connectivity index (χ0v) is 14.7. The van der Waals surface area contributed by atoms with E-state index in [0.29, 0.717) is 18.2 Å². The summed E-state index contributed by atoms with van der Waals surface area (Å²) in [5, 5.41) is 16.5. The first-order valence-electron chi connectivity index (χ1n) is 7.47. The van der Waals surface area contributed by atoms with E-state index in [0.717, 1.165) is 10.7 Å². The van der Waals surface area contributed by atoms with Crippen LogP contribution in [0.4, 0.5) is 0 Å². The van der Waals surface area contributed by atoms with Crippen LogP contribution in [-0.4, -0.2) is 40.8 Å². The molecule has 3 heterocycles. The maximum atomic E-state index is 12.6. The zero-order valence-electron chi connectivity index (χ0n) is 13.9. The van der Waals surface area contributed by atoms with E-state index >= 15 is 0 Å². The molecule has 24 heavy (non-hydrogen) atoms. The van der Waals surface area contributed by atoms with Crippen LogP contribution < -0.4 is 5.32 Å². The number of hydrogen-bond acceptors (Lipinski definition) is 7. The van der Waals surface area contributed by atoms with Gasteiger partial charge in [-0.15, -0.1) is 16.4 Å². The first-order valence-corrected chi connectivity index (χ1v) is 8.35. The number of amides is 1. The molecule has 0 aromatic carbocycles. The molecule has 1 atom stereocenters. The molecule has 0 saturated heterocycles. The van der Waals surface area contributed by atoms with Crippen LogP contribution in [0.15, 0.2) is 11.7 Å². The minimum absolute atomic E-state index is 0.0804. The molecule has 0 aliphatic heterocycles. The lowest BCUT2D eigenvalue weighted by molar-refractivity contribution is 0.0891. The normalized spacial score (nSPS) is 13.7. The third kappa shape index (κ3) is 2.92. The van der Waals surface area contributed by atoms with Gasteiger partial charge < -0.3 is 5.32 Å². The highest BCUT2D eigenvalue weighted by Gasteiger charge is 2.31. The number of thiazole rings is 1. The van der Waals surface area contributed by atoms with Gasteiger partial charge in [-0.25, -0.2) is 15.1 Å². The van der Waals surface area contributed by atoms with Crippen molar-refractivity contribution in [2.75, 3.05) is 0 Å². The Morgan fingerprint density at radius 1 is 1.42 bits per heavy atom. The molecule has 0 aliphatic rings. The molecular weight excluding hydrogens is 328 g/mol. The number of aryl methyl sites for hydroxylation is 2. The Labute approximate surface area is 142 Å². The second kappa shape index (κ2) is 6.11. The quantitative estimate of drug-likeness (QED) is 0.724. The van der Waals surface area contributed by atoms with E-state index in [1.165, 1.54) is 22.3 Å². The number of aromatic amines is 1. The molecule has 9 nitrogen and oxygen atoms in total. The topological polar surface area (TPSA) is 114 Å². The van der Waals surface area contributed by atoms with Crippen molar-refractivity contribution in [1.29, 1.82) is 0 Å². The van der Waals surface area contributed by atoms with Gasteiger partial charge in [0.2, 0.25) is 11.8 Å². The lowest BCUT2D eigenvalue weighted by atomic mass is 10.00. The van der Waals surface area contributed by atoms with Gasteiger partial charge in [0.25, 0.3) is 5.91 Å². The predicted octanol–water partition coefficient (Wildman–Crippen LogP) is 1.51. The molecule has 0 saturated carbocycles. The number of nitrogens with one attached hydrogen (secondary N) is 2. The Morgan fingerprint density at radius 2 is 2.21 bits per heavy atom. The Bertz CT molecular complexity index is 852. The Balaban J connectivity index is 1.85. The van der Waals surface area contributed by atoms with Crippen molar-refractivity contribution in [2.45, 2.75) is 39.7 Å². The fraction of sp³-hybridized carbons (Fsp3) is 0.429. The van der Waals surface area contributed by atoms with E-state index in [4.69, 9.17) is 0 Å². The number of aromatic nitrogens is 7. The third-order valence-corrected chi connectivity index (χ3v) is 4.99. The van der Waals surface area contributed by atoms with E-state index < -0.39 is 5.54 Å². The molecule has 0 radical (unpaired) electrons. The summed E-state index contributed by atoms with van der Waals surface area (Å²) in [6.45, 7) is 7.63. The monoisotopic (exact) mass is 346 g/mol. The van der Waals surface area contributed by atoms with Gasteiger partial charge in [0.1, 0.15) is 17.2 Å². The molecule has 3 aromatic heterocycles. The van der Waals surface area contributed by atoms with Crippen LogP contribution >= 0.6 is 11.3 Å². The summed E-state index contributed by atoms with van der Waals surface area (Å²) < 4.78 is 1.44. The Hall–Kier alpha value is -2.62. The Morgan fingerprint density at radius 3 is 2.79 bits per heavy atom. The summed E-state index contributed by atoms with van der Waals surface area (Å²) in [4.78, 5) is 25.3. The van der Waals surface area contributed by atoms with Crippen molar-refractivity contribution in [3.05, 3.63) is 34.1 Å². The van der Waals surface area contributed by atoms with Gasteiger partial charge in [-0.05, 0) is 27.2 Å². The minimum atomic E-state index is -0.568. The smallest absolute Gasteiger partial charge is 0.291 e.